The molecule has 0 saturated carbocycles. The van der Waals surface area contributed by atoms with Crippen molar-refractivity contribution < 1.29 is 4.79 Å². The van der Waals surface area contributed by atoms with E-state index in [1.807, 2.05) is 11.0 Å². The molecule has 2 aliphatic rings. The Morgan fingerprint density at radius 1 is 1.29 bits per heavy atom. The fourth-order valence-electron chi connectivity index (χ4n) is 3.04. The SMILES string of the molecule is O=CN1CC2CCC(C1)N2c1cc[nH]c(=O)c1. The van der Waals surface area contributed by atoms with Crippen LogP contribution in [0.3, 0.4) is 0 Å². The van der Waals surface area contributed by atoms with Crippen LogP contribution in [0.1, 0.15) is 12.8 Å². The van der Waals surface area contributed by atoms with Crippen LogP contribution in [0.4, 0.5) is 5.69 Å². The molecule has 0 aliphatic carbocycles. The molecular formula is C12H15N3O2. The van der Waals surface area contributed by atoms with Crippen LogP contribution < -0.4 is 10.5 Å². The highest BCUT2D eigenvalue weighted by atomic mass is 16.1. The van der Waals surface area contributed by atoms with Crippen molar-refractivity contribution in [3.8, 4) is 0 Å². The van der Waals surface area contributed by atoms with Crippen LogP contribution in [0.25, 0.3) is 0 Å². The number of aromatic amines is 1. The number of anilines is 1. The first-order chi connectivity index (χ1) is 8.28. The summed E-state index contributed by atoms with van der Waals surface area (Å²) in [5.74, 6) is 0. The summed E-state index contributed by atoms with van der Waals surface area (Å²) < 4.78 is 0. The van der Waals surface area contributed by atoms with E-state index in [9.17, 15) is 9.59 Å². The van der Waals surface area contributed by atoms with Gasteiger partial charge in [0, 0.05) is 43.1 Å². The van der Waals surface area contributed by atoms with Gasteiger partial charge in [0.15, 0.2) is 0 Å². The summed E-state index contributed by atoms with van der Waals surface area (Å²) in [5, 5.41) is 0. The predicted octanol–water partition coefficient (Wildman–Crippen LogP) is 0.184. The first-order valence-electron chi connectivity index (χ1n) is 5.94. The van der Waals surface area contributed by atoms with Crippen molar-refractivity contribution in [1.29, 1.82) is 0 Å². The third-order valence-electron chi connectivity index (χ3n) is 3.72. The Morgan fingerprint density at radius 3 is 2.59 bits per heavy atom. The van der Waals surface area contributed by atoms with Crippen molar-refractivity contribution in [2.45, 2.75) is 24.9 Å². The molecule has 5 nitrogen and oxygen atoms in total. The number of likely N-dealkylation sites (tertiary alicyclic amines) is 1. The molecule has 2 bridgehead atoms. The van der Waals surface area contributed by atoms with Crippen LogP contribution in [0.5, 0.6) is 0 Å². The quantitative estimate of drug-likeness (QED) is 0.742. The van der Waals surface area contributed by atoms with Crippen molar-refractivity contribution in [2.24, 2.45) is 0 Å². The standard InChI is InChI=1S/C12H15N3O2/c16-8-14-6-10-1-2-11(7-14)15(10)9-3-4-13-12(17)5-9/h3-5,8,10-11H,1-2,6-7H2,(H,13,17). The van der Waals surface area contributed by atoms with Crippen molar-refractivity contribution in [1.82, 2.24) is 9.88 Å². The number of hydrogen-bond acceptors (Lipinski definition) is 3. The van der Waals surface area contributed by atoms with Crippen molar-refractivity contribution in [3.05, 3.63) is 28.7 Å². The minimum absolute atomic E-state index is 0.0697. The molecule has 0 radical (unpaired) electrons. The molecule has 1 aromatic heterocycles. The Bertz CT molecular complexity index is 471. The third kappa shape index (κ3) is 1.71. The number of nitrogens with one attached hydrogen (secondary N) is 1. The first kappa shape index (κ1) is 10.4. The Hall–Kier alpha value is -1.78. The number of fused-ring (bicyclic) bond motifs is 2. The second-order valence-electron chi connectivity index (χ2n) is 4.76. The average Bonchev–Trinajstić information content (AvgIpc) is 2.60. The van der Waals surface area contributed by atoms with Gasteiger partial charge in [0.05, 0.1) is 0 Å². The van der Waals surface area contributed by atoms with Crippen molar-refractivity contribution >= 4 is 12.1 Å². The smallest absolute Gasteiger partial charge is 0.249 e. The van der Waals surface area contributed by atoms with Crippen LogP contribution in [0.15, 0.2) is 23.1 Å². The highest BCUT2D eigenvalue weighted by Gasteiger charge is 2.39. The number of hydrogen-bond donors (Lipinski definition) is 1. The van der Waals surface area contributed by atoms with Gasteiger partial charge >= 0.3 is 0 Å². The molecule has 0 spiro atoms. The summed E-state index contributed by atoms with van der Waals surface area (Å²) in [5.41, 5.74) is 0.909. The number of pyridine rings is 1. The number of aromatic nitrogens is 1. The molecule has 1 amide bonds. The molecule has 3 rings (SSSR count). The molecule has 5 heteroatoms. The summed E-state index contributed by atoms with van der Waals surface area (Å²) in [7, 11) is 0. The molecule has 17 heavy (non-hydrogen) atoms. The van der Waals surface area contributed by atoms with Gasteiger partial charge in [0.1, 0.15) is 0 Å². The van der Waals surface area contributed by atoms with Crippen LogP contribution in [-0.2, 0) is 4.79 Å². The van der Waals surface area contributed by atoms with Crippen LogP contribution in [0, 0.1) is 0 Å². The van der Waals surface area contributed by atoms with Gasteiger partial charge in [-0.3, -0.25) is 9.59 Å². The summed E-state index contributed by atoms with van der Waals surface area (Å²) in [6, 6.07) is 4.30. The van der Waals surface area contributed by atoms with Gasteiger partial charge < -0.3 is 14.8 Å². The van der Waals surface area contributed by atoms with Gasteiger partial charge in [-0.25, -0.2) is 0 Å². The molecule has 90 valence electrons. The molecule has 2 atom stereocenters. The van der Waals surface area contributed by atoms with E-state index in [4.69, 9.17) is 0 Å². The second kappa shape index (κ2) is 3.91. The number of carbonyl (C=O) groups excluding carboxylic acids is 1. The first-order valence-corrected chi connectivity index (χ1v) is 5.94. The zero-order valence-corrected chi connectivity index (χ0v) is 9.50. The van der Waals surface area contributed by atoms with E-state index in [-0.39, 0.29) is 5.56 Å². The second-order valence-corrected chi connectivity index (χ2v) is 4.76. The molecule has 1 N–H and O–H groups in total. The predicted molar refractivity (Wildman–Crippen MR) is 64.0 cm³/mol. The minimum atomic E-state index is -0.0697. The zero-order valence-electron chi connectivity index (χ0n) is 9.50. The Balaban J connectivity index is 1.91. The van der Waals surface area contributed by atoms with Gasteiger partial charge in [0.25, 0.3) is 0 Å². The lowest BCUT2D eigenvalue weighted by Crippen LogP contribution is -2.53. The van der Waals surface area contributed by atoms with E-state index in [0.29, 0.717) is 12.1 Å². The lowest BCUT2D eigenvalue weighted by atomic mass is 10.1. The normalized spacial score (nSPS) is 27.3. The number of H-pyrrole nitrogens is 1. The maximum Gasteiger partial charge on any atom is 0.249 e. The fraction of sp³-hybridized carbons (Fsp3) is 0.500. The van der Waals surface area contributed by atoms with E-state index in [1.54, 1.807) is 12.3 Å². The van der Waals surface area contributed by atoms with E-state index >= 15 is 0 Å². The van der Waals surface area contributed by atoms with E-state index in [1.165, 1.54) is 0 Å². The van der Waals surface area contributed by atoms with E-state index in [0.717, 1.165) is 38.0 Å². The maximum absolute atomic E-state index is 11.3. The Morgan fingerprint density at radius 2 is 2.00 bits per heavy atom. The lowest BCUT2D eigenvalue weighted by Gasteiger charge is -2.40. The third-order valence-corrected chi connectivity index (χ3v) is 3.72. The Kier molecular flexibility index (Phi) is 2.39. The summed E-state index contributed by atoms with van der Waals surface area (Å²) in [6.45, 7) is 1.54. The van der Waals surface area contributed by atoms with Crippen molar-refractivity contribution in [3.63, 3.8) is 0 Å². The van der Waals surface area contributed by atoms with Gasteiger partial charge in [-0.05, 0) is 18.9 Å². The topological polar surface area (TPSA) is 56.4 Å². The highest BCUT2D eigenvalue weighted by molar-refractivity contribution is 5.53. The highest BCUT2D eigenvalue weighted by Crippen LogP contribution is 2.33. The van der Waals surface area contributed by atoms with Gasteiger partial charge in [-0.2, -0.15) is 0 Å². The van der Waals surface area contributed by atoms with Crippen LogP contribution >= 0.6 is 0 Å². The zero-order chi connectivity index (χ0) is 11.8. The molecule has 1 aromatic rings. The monoisotopic (exact) mass is 233 g/mol. The van der Waals surface area contributed by atoms with E-state index in [2.05, 4.69) is 9.88 Å². The van der Waals surface area contributed by atoms with Gasteiger partial charge in [0.2, 0.25) is 12.0 Å². The number of amides is 1. The molecule has 2 unspecified atom stereocenters. The van der Waals surface area contributed by atoms with Crippen LogP contribution in [-0.4, -0.2) is 41.5 Å². The average molecular weight is 233 g/mol. The maximum atomic E-state index is 11.3. The van der Waals surface area contributed by atoms with Crippen LogP contribution in [0.2, 0.25) is 0 Å². The van der Waals surface area contributed by atoms with Gasteiger partial charge in [-0.15, -0.1) is 0 Å². The molecule has 0 aromatic carbocycles. The minimum Gasteiger partial charge on any atom is -0.362 e. The largest absolute Gasteiger partial charge is 0.362 e. The molecular weight excluding hydrogens is 218 g/mol. The summed E-state index contributed by atoms with van der Waals surface area (Å²) >= 11 is 0. The Labute approximate surface area is 99.0 Å². The number of carbonyl (C=O) groups is 1. The van der Waals surface area contributed by atoms with Gasteiger partial charge in [-0.1, -0.05) is 0 Å². The summed E-state index contributed by atoms with van der Waals surface area (Å²) in [4.78, 5) is 28.9. The molecule has 3 heterocycles. The lowest BCUT2D eigenvalue weighted by molar-refractivity contribution is -0.119. The molecule has 2 fully saturated rings. The number of nitrogens with zero attached hydrogens (tertiary/aromatic N) is 2. The fourth-order valence-corrected chi connectivity index (χ4v) is 3.04. The van der Waals surface area contributed by atoms with Crippen molar-refractivity contribution in [2.75, 3.05) is 18.0 Å². The summed E-state index contributed by atoms with van der Waals surface area (Å²) in [6.07, 6.45) is 4.81. The number of piperazine rings is 1. The molecule has 2 saturated heterocycles. The molecule has 2 aliphatic heterocycles. The van der Waals surface area contributed by atoms with E-state index < -0.39 is 0 Å². The number of rotatable bonds is 2.